The number of aromatic nitrogens is 1. The molecule has 0 unspecified atom stereocenters. The van der Waals surface area contributed by atoms with Crippen LogP contribution >= 0.6 is 0 Å². The van der Waals surface area contributed by atoms with Crippen molar-refractivity contribution in [3.05, 3.63) is 53.4 Å². The second kappa shape index (κ2) is 6.25. The molecule has 1 aliphatic heterocycles. The van der Waals surface area contributed by atoms with E-state index in [4.69, 9.17) is 4.52 Å². The van der Waals surface area contributed by atoms with Gasteiger partial charge in [0, 0.05) is 18.5 Å². The predicted molar refractivity (Wildman–Crippen MR) is 86.6 cm³/mol. The van der Waals surface area contributed by atoms with Gasteiger partial charge in [0.25, 0.3) is 0 Å². The first-order valence-corrected chi connectivity index (χ1v) is 8.58. The molecule has 0 atom stereocenters. The van der Waals surface area contributed by atoms with Crippen molar-refractivity contribution in [1.82, 2.24) is 10.1 Å². The van der Waals surface area contributed by atoms with Gasteiger partial charge < -0.3 is 4.52 Å². The summed E-state index contributed by atoms with van der Waals surface area (Å²) in [6, 6.07) is 13.1. The van der Waals surface area contributed by atoms with Gasteiger partial charge in [-0.1, -0.05) is 35.5 Å². The molecule has 0 amide bonds. The van der Waals surface area contributed by atoms with E-state index in [2.05, 4.69) is 46.5 Å². The highest BCUT2D eigenvalue weighted by Gasteiger charge is 2.28. The number of benzene rings is 1. The largest absolute Gasteiger partial charge is 0.361 e. The number of hydrogen-bond donors (Lipinski definition) is 0. The fraction of sp³-hybridized carbons (Fsp3) is 0.526. The third kappa shape index (κ3) is 3.41. The lowest BCUT2D eigenvalue weighted by atomic mass is 9.90. The molecule has 3 nitrogen and oxygen atoms in total. The zero-order chi connectivity index (χ0) is 14.8. The Morgan fingerprint density at radius 3 is 2.55 bits per heavy atom. The summed E-state index contributed by atoms with van der Waals surface area (Å²) in [5.41, 5.74) is 2.59. The van der Waals surface area contributed by atoms with Crippen molar-refractivity contribution in [2.75, 3.05) is 13.1 Å². The standard InChI is InChI=1S/C19H24N2O/c1-2-4-15(5-3-1)12-16-8-10-21(11-9-16)14-18-13-19(22-20-18)17-6-7-17/h1-5,13,16-17H,6-12,14H2. The van der Waals surface area contributed by atoms with Crippen LogP contribution in [0.15, 0.2) is 40.9 Å². The monoisotopic (exact) mass is 296 g/mol. The predicted octanol–water partition coefficient (Wildman–Crippen LogP) is 4.01. The van der Waals surface area contributed by atoms with Gasteiger partial charge in [-0.3, -0.25) is 4.90 Å². The molecule has 2 fully saturated rings. The highest BCUT2D eigenvalue weighted by molar-refractivity contribution is 5.16. The Labute approximate surface area is 132 Å². The summed E-state index contributed by atoms with van der Waals surface area (Å²) in [6.45, 7) is 3.32. The minimum Gasteiger partial charge on any atom is -0.361 e. The highest BCUT2D eigenvalue weighted by Crippen LogP contribution is 2.40. The van der Waals surface area contributed by atoms with Crippen LogP contribution in [-0.2, 0) is 13.0 Å². The first-order chi connectivity index (χ1) is 10.9. The zero-order valence-electron chi connectivity index (χ0n) is 13.1. The molecule has 2 aliphatic rings. The maximum Gasteiger partial charge on any atom is 0.140 e. The minimum absolute atomic E-state index is 0.665. The summed E-state index contributed by atoms with van der Waals surface area (Å²) >= 11 is 0. The minimum atomic E-state index is 0.665. The smallest absolute Gasteiger partial charge is 0.140 e. The molecule has 1 saturated heterocycles. The van der Waals surface area contributed by atoms with Crippen molar-refractivity contribution < 1.29 is 4.52 Å². The highest BCUT2D eigenvalue weighted by atomic mass is 16.5. The van der Waals surface area contributed by atoms with Crippen LogP contribution in [0.25, 0.3) is 0 Å². The Kier molecular flexibility index (Phi) is 3.98. The van der Waals surface area contributed by atoms with E-state index in [0.717, 1.165) is 23.9 Å². The van der Waals surface area contributed by atoms with Crippen molar-refractivity contribution in [2.24, 2.45) is 5.92 Å². The molecule has 0 spiro atoms. The molecule has 0 N–H and O–H groups in total. The molecule has 22 heavy (non-hydrogen) atoms. The van der Waals surface area contributed by atoms with E-state index >= 15 is 0 Å². The molecule has 3 heteroatoms. The Bertz CT molecular complexity index is 595. The first-order valence-electron chi connectivity index (χ1n) is 8.58. The van der Waals surface area contributed by atoms with Gasteiger partial charge in [0.15, 0.2) is 0 Å². The number of rotatable bonds is 5. The van der Waals surface area contributed by atoms with Crippen LogP contribution in [0.2, 0.25) is 0 Å². The lowest BCUT2D eigenvalue weighted by molar-refractivity contribution is 0.173. The molecule has 1 saturated carbocycles. The number of likely N-dealkylation sites (tertiary alicyclic amines) is 1. The van der Waals surface area contributed by atoms with Crippen LogP contribution in [0.3, 0.4) is 0 Å². The molecular formula is C19H24N2O. The van der Waals surface area contributed by atoms with E-state index in [1.54, 1.807) is 0 Å². The molecule has 1 aliphatic carbocycles. The maximum absolute atomic E-state index is 5.45. The number of hydrogen-bond acceptors (Lipinski definition) is 3. The van der Waals surface area contributed by atoms with Crippen molar-refractivity contribution in [3.8, 4) is 0 Å². The van der Waals surface area contributed by atoms with Gasteiger partial charge in [-0.25, -0.2) is 0 Å². The van der Waals surface area contributed by atoms with Crippen molar-refractivity contribution >= 4 is 0 Å². The zero-order valence-corrected chi connectivity index (χ0v) is 13.1. The van der Waals surface area contributed by atoms with Crippen LogP contribution in [0.4, 0.5) is 0 Å². The van der Waals surface area contributed by atoms with Gasteiger partial charge in [-0.15, -0.1) is 0 Å². The van der Waals surface area contributed by atoms with Crippen LogP contribution in [0.5, 0.6) is 0 Å². The molecule has 116 valence electrons. The molecule has 0 bridgehead atoms. The average molecular weight is 296 g/mol. The normalized spacial score (nSPS) is 20.4. The first kappa shape index (κ1) is 14.0. The van der Waals surface area contributed by atoms with E-state index in [9.17, 15) is 0 Å². The van der Waals surface area contributed by atoms with Crippen molar-refractivity contribution in [3.63, 3.8) is 0 Å². The Morgan fingerprint density at radius 1 is 1.05 bits per heavy atom. The fourth-order valence-electron chi connectivity index (χ4n) is 3.49. The number of piperidine rings is 1. The SMILES string of the molecule is c1ccc(CC2CCN(Cc3cc(C4CC4)on3)CC2)cc1. The molecule has 2 heterocycles. The van der Waals surface area contributed by atoms with Crippen LogP contribution in [0, 0.1) is 5.92 Å². The summed E-state index contributed by atoms with van der Waals surface area (Å²) in [5, 5.41) is 4.24. The summed E-state index contributed by atoms with van der Waals surface area (Å²) in [4.78, 5) is 2.52. The molecular weight excluding hydrogens is 272 g/mol. The Hall–Kier alpha value is -1.61. The van der Waals surface area contributed by atoms with Crippen LogP contribution in [0.1, 0.15) is 48.6 Å². The summed E-state index contributed by atoms with van der Waals surface area (Å²) in [5.74, 6) is 2.60. The van der Waals surface area contributed by atoms with E-state index in [1.165, 1.54) is 50.8 Å². The van der Waals surface area contributed by atoms with Gasteiger partial charge in [0.1, 0.15) is 5.76 Å². The van der Waals surface area contributed by atoms with Gasteiger partial charge in [0.05, 0.1) is 5.69 Å². The lowest BCUT2D eigenvalue weighted by Crippen LogP contribution is -2.33. The van der Waals surface area contributed by atoms with E-state index in [1.807, 2.05) is 0 Å². The number of nitrogens with zero attached hydrogens (tertiary/aromatic N) is 2. The van der Waals surface area contributed by atoms with Gasteiger partial charge >= 0.3 is 0 Å². The lowest BCUT2D eigenvalue weighted by Gasteiger charge is -2.31. The second-order valence-corrected chi connectivity index (χ2v) is 6.90. The van der Waals surface area contributed by atoms with E-state index < -0.39 is 0 Å². The molecule has 4 rings (SSSR count). The second-order valence-electron chi connectivity index (χ2n) is 6.90. The molecule has 1 aromatic carbocycles. The summed E-state index contributed by atoms with van der Waals surface area (Å²) in [6.07, 6.45) is 6.37. The van der Waals surface area contributed by atoms with Crippen LogP contribution < -0.4 is 0 Å². The quantitative estimate of drug-likeness (QED) is 0.835. The van der Waals surface area contributed by atoms with E-state index in [0.29, 0.717) is 5.92 Å². The third-order valence-corrected chi connectivity index (χ3v) is 5.02. The summed E-state index contributed by atoms with van der Waals surface area (Å²) in [7, 11) is 0. The topological polar surface area (TPSA) is 29.3 Å². The molecule has 2 aromatic rings. The van der Waals surface area contributed by atoms with E-state index in [-0.39, 0.29) is 0 Å². The molecule has 1 aromatic heterocycles. The maximum atomic E-state index is 5.45. The van der Waals surface area contributed by atoms with Crippen molar-refractivity contribution in [1.29, 1.82) is 0 Å². The van der Waals surface area contributed by atoms with Gasteiger partial charge in [0.2, 0.25) is 0 Å². The Balaban J connectivity index is 1.26. The van der Waals surface area contributed by atoms with Crippen molar-refractivity contribution in [2.45, 2.75) is 44.6 Å². The van der Waals surface area contributed by atoms with Gasteiger partial charge in [-0.2, -0.15) is 0 Å². The fourth-order valence-corrected chi connectivity index (χ4v) is 3.49. The van der Waals surface area contributed by atoms with Crippen LogP contribution in [-0.4, -0.2) is 23.1 Å². The average Bonchev–Trinajstić information content (AvgIpc) is 3.30. The third-order valence-electron chi connectivity index (χ3n) is 5.02. The van der Waals surface area contributed by atoms with Gasteiger partial charge in [-0.05, 0) is 56.7 Å². The Morgan fingerprint density at radius 2 is 1.82 bits per heavy atom. The molecule has 0 radical (unpaired) electrons. The summed E-state index contributed by atoms with van der Waals surface area (Å²) < 4.78 is 5.45.